The molecule has 1 atom stereocenters. The molecule has 1 aromatic carbocycles. The maximum atomic E-state index is 13.0. The fourth-order valence-corrected chi connectivity index (χ4v) is 4.38. The first-order valence-electron chi connectivity index (χ1n) is 10.9. The third-order valence-electron chi connectivity index (χ3n) is 5.91. The Hall–Kier alpha value is -2.99. The second-order valence-electron chi connectivity index (χ2n) is 8.36. The topological polar surface area (TPSA) is 79.7 Å². The number of aliphatic hydroxyl groups excluding tert-OH is 1. The van der Waals surface area contributed by atoms with Crippen LogP contribution in [0.25, 0.3) is 5.76 Å². The first-order valence-corrected chi connectivity index (χ1v) is 10.9. The second kappa shape index (κ2) is 9.02. The Balaban J connectivity index is 1.76. The van der Waals surface area contributed by atoms with E-state index in [9.17, 15) is 14.7 Å². The lowest BCUT2D eigenvalue weighted by Crippen LogP contribution is -2.33. The number of hydrogen-bond donors (Lipinski definition) is 1. The van der Waals surface area contributed by atoms with Gasteiger partial charge < -0.3 is 14.7 Å². The number of amides is 1. The summed E-state index contributed by atoms with van der Waals surface area (Å²) in [6.07, 6.45) is 5.91. The van der Waals surface area contributed by atoms with Crippen LogP contribution >= 0.6 is 0 Å². The number of nitrogens with zero attached hydrogens (tertiary/aromatic N) is 2. The van der Waals surface area contributed by atoms with Crippen LogP contribution in [0.2, 0.25) is 0 Å². The minimum atomic E-state index is -0.743. The third-order valence-corrected chi connectivity index (χ3v) is 5.91. The number of aromatic nitrogens is 1. The van der Waals surface area contributed by atoms with Crippen LogP contribution in [-0.2, 0) is 27.2 Å². The summed E-state index contributed by atoms with van der Waals surface area (Å²) in [5, 5.41) is 11.2. The van der Waals surface area contributed by atoms with Crippen LogP contribution < -0.4 is 0 Å². The summed E-state index contributed by atoms with van der Waals surface area (Å²) in [6.45, 7) is 4.37. The van der Waals surface area contributed by atoms with E-state index in [0.717, 1.165) is 19.3 Å². The summed E-state index contributed by atoms with van der Waals surface area (Å²) in [5.74, 6) is -1.47. The molecule has 6 heteroatoms. The number of carbonyl (C=O) groups excluding carboxylic acids is 2. The molecule has 1 unspecified atom stereocenters. The van der Waals surface area contributed by atoms with Crippen molar-refractivity contribution in [2.45, 2.75) is 51.7 Å². The van der Waals surface area contributed by atoms with Crippen LogP contribution in [0.15, 0.2) is 48.2 Å². The molecule has 1 fully saturated rings. The molecule has 4 rings (SSSR count). The van der Waals surface area contributed by atoms with E-state index in [4.69, 9.17) is 4.74 Å². The van der Waals surface area contributed by atoms with E-state index in [1.54, 1.807) is 18.3 Å². The number of aliphatic hydroxyl groups is 1. The predicted molar refractivity (Wildman–Crippen MR) is 117 cm³/mol. The Morgan fingerprint density at radius 3 is 2.65 bits per heavy atom. The molecule has 162 valence electrons. The molecule has 6 nitrogen and oxygen atoms in total. The summed E-state index contributed by atoms with van der Waals surface area (Å²) < 4.78 is 5.61. The lowest BCUT2D eigenvalue weighted by Gasteiger charge is -2.25. The van der Waals surface area contributed by atoms with Crippen molar-refractivity contribution < 1.29 is 19.4 Å². The molecular weight excluding hydrogens is 392 g/mol. The number of fused-ring (bicyclic) bond motifs is 1. The molecule has 1 N–H and O–H groups in total. The van der Waals surface area contributed by atoms with Crippen molar-refractivity contribution in [3.8, 4) is 0 Å². The Morgan fingerprint density at radius 2 is 1.94 bits per heavy atom. The van der Waals surface area contributed by atoms with Crippen LogP contribution in [0, 0.1) is 0 Å². The highest BCUT2D eigenvalue weighted by Gasteiger charge is 2.46. The van der Waals surface area contributed by atoms with Gasteiger partial charge in [-0.3, -0.25) is 14.6 Å². The van der Waals surface area contributed by atoms with Crippen LogP contribution in [0.3, 0.4) is 0 Å². The first kappa shape index (κ1) is 21.2. The third kappa shape index (κ3) is 4.26. The molecule has 2 aromatic rings. The number of likely N-dealkylation sites (tertiary alicyclic amines) is 1. The van der Waals surface area contributed by atoms with Gasteiger partial charge in [-0.25, -0.2) is 0 Å². The molecule has 0 saturated carbocycles. The quantitative estimate of drug-likeness (QED) is 0.437. The maximum Gasteiger partial charge on any atom is 0.295 e. The van der Waals surface area contributed by atoms with E-state index in [-0.39, 0.29) is 24.0 Å². The maximum absolute atomic E-state index is 13.0. The van der Waals surface area contributed by atoms with Gasteiger partial charge in [0.2, 0.25) is 0 Å². The van der Waals surface area contributed by atoms with E-state index >= 15 is 0 Å². The van der Waals surface area contributed by atoms with Gasteiger partial charge in [-0.2, -0.15) is 0 Å². The standard InChI is InChI=1S/C25H28N2O4/c1-16(2)31-14-13-27-22(20-9-5-6-12-26-20)21(24(29)25(27)30)23(28)19-11-10-17-7-3-4-8-18(17)15-19/h5-6,9-12,15-16,22,28H,3-4,7-8,13-14H2,1-2H3/b23-21-. The SMILES string of the molecule is CC(C)OCCN1C(=O)C(=O)/C(=C(\O)c2ccc3c(c2)CCCC3)C1c1ccccn1. The van der Waals surface area contributed by atoms with Gasteiger partial charge in [-0.05, 0) is 68.9 Å². The van der Waals surface area contributed by atoms with Crippen molar-refractivity contribution in [1.82, 2.24) is 9.88 Å². The largest absolute Gasteiger partial charge is 0.507 e. The van der Waals surface area contributed by atoms with E-state index in [1.165, 1.54) is 22.4 Å². The Kier molecular flexibility index (Phi) is 6.18. The van der Waals surface area contributed by atoms with Crippen LogP contribution in [0.5, 0.6) is 0 Å². The zero-order valence-electron chi connectivity index (χ0n) is 18.0. The Labute approximate surface area is 182 Å². The molecule has 1 aromatic heterocycles. The van der Waals surface area contributed by atoms with Gasteiger partial charge in [0.05, 0.1) is 24.0 Å². The Bertz CT molecular complexity index is 1010. The van der Waals surface area contributed by atoms with Crippen molar-refractivity contribution in [2.24, 2.45) is 0 Å². The molecule has 31 heavy (non-hydrogen) atoms. The predicted octanol–water partition coefficient (Wildman–Crippen LogP) is 3.81. The highest BCUT2D eigenvalue weighted by molar-refractivity contribution is 6.46. The molecule has 1 aliphatic carbocycles. The zero-order chi connectivity index (χ0) is 22.0. The average molecular weight is 421 g/mol. The van der Waals surface area contributed by atoms with Gasteiger partial charge >= 0.3 is 0 Å². The number of aryl methyl sites for hydroxylation is 2. The molecule has 1 aliphatic heterocycles. The molecule has 2 heterocycles. The van der Waals surface area contributed by atoms with Gasteiger partial charge in [-0.15, -0.1) is 0 Å². The number of benzene rings is 1. The first-order chi connectivity index (χ1) is 15.0. The summed E-state index contributed by atoms with van der Waals surface area (Å²) in [5.41, 5.74) is 3.69. The lowest BCUT2D eigenvalue weighted by molar-refractivity contribution is -0.140. The fourth-order valence-electron chi connectivity index (χ4n) is 4.38. The van der Waals surface area contributed by atoms with Crippen molar-refractivity contribution >= 4 is 17.4 Å². The molecule has 0 bridgehead atoms. The molecule has 1 amide bonds. The van der Waals surface area contributed by atoms with Crippen molar-refractivity contribution in [2.75, 3.05) is 13.2 Å². The van der Waals surface area contributed by atoms with Gasteiger partial charge in [0.15, 0.2) is 0 Å². The lowest BCUT2D eigenvalue weighted by atomic mass is 9.89. The number of Topliss-reactive ketones (excluding diaryl/α,β-unsaturated/α-hetero) is 1. The van der Waals surface area contributed by atoms with Gasteiger partial charge in [0.25, 0.3) is 11.7 Å². The van der Waals surface area contributed by atoms with Crippen molar-refractivity contribution in [3.63, 3.8) is 0 Å². The van der Waals surface area contributed by atoms with Gasteiger partial charge in [-0.1, -0.05) is 18.2 Å². The van der Waals surface area contributed by atoms with Crippen LogP contribution in [0.4, 0.5) is 0 Å². The molecular formula is C25H28N2O4. The monoisotopic (exact) mass is 420 g/mol. The molecule has 0 spiro atoms. The van der Waals surface area contributed by atoms with Crippen LogP contribution in [0.1, 0.15) is 55.1 Å². The number of rotatable bonds is 6. The molecule has 0 radical (unpaired) electrons. The van der Waals surface area contributed by atoms with Crippen molar-refractivity contribution in [3.05, 3.63) is 70.6 Å². The van der Waals surface area contributed by atoms with Gasteiger partial charge in [0.1, 0.15) is 11.8 Å². The van der Waals surface area contributed by atoms with E-state index < -0.39 is 17.7 Å². The highest BCUT2D eigenvalue weighted by atomic mass is 16.5. The fraction of sp³-hybridized carbons (Fsp3) is 0.400. The van der Waals surface area contributed by atoms with Crippen LogP contribution in [-0.4, -0.2) is 45.9 Å². The number of hydrogen-bond acceptors (Lipinski definition) is 5. The van der Waals surface area contributed by atoms with E-state index in [2.05, 4.69) is 4.98 Å². The summed E-state index contributed by atoms with van der Waals surface area (Å²) in [7, 11) is 0. The highest BCUT2D eigenvalue weighted by Crippen LogP contribution is 2.39. The van der Waals surface area contributed by atoms with E-state index in [0.29, 0.717) is 17.9 Å². The number of pyridine rings is 1. The smallest absolute Gasteiger partial charge is 0.295 e. The molecule has 1 saturated heterocycles. The second-order valence-corrected chi connectivity index (χ2v) is 8.36. The van der Waals surface area contributed by atoms with Gasteiger partial charge in [0, 0.05) is 18.3 Å². The minimum Gasteiger partial charge on any atom is -0.507 e. The Morgan fingerprint density at radius 1 is 1.16 bits per heavy atom. The summed E-state index contributed by atoms with van der Waals surface area (Å²) in [4.78, 5) is 31.8. The number of carbonyl (C=O) groups is 2. The number of ether oxygens (including phenoxy) is 1. The average Bonchev–Trinajstić information content (AvgIpc) is 3.03. The normalized spacial score (nSPS) is 20.4. The minimum absolute atomic E-state index is 0.0145. The zero-order valence-corrected chi connectivity index (χ0v) is 18.0. The van der Waals surface area contributed by atoms with Crippen molar-refractivity contribution in [1.29, 1.82) is 0 Å². The summed E-state index contributed by atoms with van der Waals surface area (Å²) in [6, 6.07) is 10.4. The number of ketones is 1. The molecule has 2 aliphatic rings. The summed E-state index contributed by atoms with van der Waals surface area (Å²) >= 11 is 0. The van der Waals surface area contributed by atoms with E-state index in [1.807, 2.05) is 38.1 Å².